The van der Waals surface area contributed by atoms with Crippen LogP contribution in [0.15, 0.2) is 42.7 Å². The molecule has 1 aromatic heterocycles. The van der Waals surface area contributed by atoms with Gasteiger partial charge in [-0.1, -0.05) is 24.0 Å². The van der Waals surface area contributed by atoms with E-state index in [1.807, 2.05) is 0 Å². The molecule has 2 aromatic rings. The summed E-state index contributed by atoms with van der Waals surface area (Å²) in [5.41, 5.74) is 6.95. The molecule has 2 N–H and O–H groups in total. The molecule has 0 atom stereocenters. The Morgan fingerprint density at radius 1 is 1.21 bits per heavy atom. The molecule has 0 aliphatic carbocycles. The average molecular weight is 256 g/mol. The van der Waals surface area contributed by atoms with Gasteiger partial charge in [-0.05, 0) is 23.8 Å². The normalized spacial score (nSPS) is 9.58. The van der Waals surface area contributed by atoms with Crippen molar-refractivity contribution in [1.82, 2.24) is 4.98 Å². The van der Waals surface area contributed by atoms with Crippen LogP contribution in [0.25, 0.3) is 0 Å². The number of hydrogen-bond donors (Lipinski definition) is 1. The van der Waals surface area contributed by atoms with Gasteiger partial charge in [0.15, 0.2) is 0 Å². The molecule has 4 heteroatoms. The van der Waals surface area contributed by atoms with Crippen LogP contribution in [0.2, 0.25) is 0 Å². The minimum atomic E-state index is -0.260. The number of ether oxygens (including phenoxy) is 1. The Morgan fingerprint density at radius 3 is 2.74 bits per heavy atom. The zero-order valence-electron chi connectivity index (χ0n) is 10.3. The number of halogens is 1. The predicted molar refractivity (Wildman–Crippen MR) is 70.9 cm³/mol. The van der Waals surface area contributed by atoms with E-state index >= 15 is 0 Å². The highest BCUT2D eigenvalue weighted by Crippen LogP contribution is 2.13. The highest BCUT2D eigenvalue weighted by atomic mass is 19.1. The minimum absolute atomic E-state index is 0.260. The van der Waals surface area contributed by atoms with E-state index in [2.05, 4.69) is 16.8 Å². The Bertz CT molecular complexity index is 600. The second-order valence-corrected chi connectivity index (χ2v) is 3.83. The molecular weight excluding hydrogens is 243 g/mol. The molecule has 19 heavy (non-hydrogen) atoms. The van der Waals surface area contributed by atoms with E-state index < -0.39 is 0 Å². The lowest BCUT2D eigenvalue weighted by atomic mass is 10.2. The van der Waals surface area contributed by atoms with Gasteiger partial charge >= 0.3 is 0 Å². The molecule has 0 saturated carbocycles. The fraction of sp³-hybridized carbons (Fsp3) is 0.133. The van der Waals surface area contributed by atoms with Crippen LogP contribution in [-0.4, -0.2) is 11.5 Å². The molecule has 0 fully saturated rings. The van der Waals surface area contributed by atoms with Gasteiger partial charge in [-0.15, -0.1) is 0 Å². The summed E-state index contributed by atoms with van der Waals surface area (Å²) < 4.78 is 18.3. The number of nitrogens with two attached hydrogens (primary N) is 1. The molecule has 0 aliphatic rings. The number of benzene rings is 1. The molecular formula is C15H13FN2O. The maximum atomic E-state index is 12.7. The lowest BCUT2D eigenvalue weighted by Crippen LogP contribution is -1.96. The fourth-order valence-electron chi connectivity index (χ4n) is 1.47. The van der Waals surface area contributed by atoms with Gasteiger partial charge in [0.2, 0.25) is 0 Å². The van der Waals surface area contributed by atoms with Crippen LogP contribution in [0.5, 0.6) is 5.75 Å². The van der Waals surface area contributed by atoms with Crippen molar-refractivity contribution in [2.45, 2.75) is 6.61 Å². The summed E-state index contributed by atoms with van der Waals surface area (Å²) in [6, 6.07) is 7.96. The van der Waals surface area contributed by atoms with Gasteiger partial charge in [0, 0.05) is 11.8 Å². The monoisotopic (exact) mass is 256 g/mol. The Balaban J connectivity index is 2.01. The van der Waals surface area contributed by atoms with E-state index in [0.29, 0.717) is 18.9 Å². The van der Waals surface area contributed by atoms with Crippen LogP contribution in [0.3, 0.4) is 0 Å². The van der Waals surface area contributed by atoms with Gasteiger partial charge in [-0.25, -0.2) is 4.39 Å². The van der Waals surface area contributed by atoms with Gasteiger partial charge in [0.05, 0.1) is 12.7 Å². The molecule has 1 heterocycles. The second kappa shape index (κ2) is 6.53. The summed E-state index contributed by atoms with van der Waals surface area (Å²) in [6.45, 7) is 0.663. The molecule has 3 nitrogen and oxygen atoms in total. The predicted octanol–water partition coefficient (Wildman–Crippen LogP) is 2.11. The molecule has 0 unspecified atom stereocenters. The maximum absolute atomic E-state index is 12.7. The van der Waals surface area contributed by atoms with E-state index in [1.165, 1.54) is 12.1 Å². The van der Waals surface area contributed by atoms with Gasteiger partial charge in [0.1, 0.15) is 18.2 Å². The molecule has 96 valence electrons. The molecule has 0 bridgehead atoms. The first-order valence-electron chi connectivity index (χ1n) is 5.79. The lowest BCUT2D eigenvalue weighted by Gasteiger charge is -2.06. The molecule has 0 radical (unpaired) electrons. The van der Waals surface area contributed by atoms with E-state index in [1.54, 1.807) is 30.6 Å². The highest BCUT2D eigenvalue weighted by molar-refractivity contribution is 5.37. The molecule has 0 aliphatic heterocycles. The van der Waals surface area contributed by atoms with Crippen molar-refractivity contribution in [3.8, 4) is 17.6 Å². The summed E-state index contributed by atoms with van der Waals surface area (Å²) in [5, 5.41) is 0. The van der Waals surface area contributed by atoms with E-state index in [-0.39, 0.29) is 5.82 Å². The average Bonchev–Trinajstić information content (AvgIpc) is 2.45. The van der Waals surface area contributed by atoms with E-state index in [4.69, 9.17) is 10.5 Å². The Labute approximate surface area is 111 Å². The topological polar surface area (TPSA) is 48.1 Å². The SMILES string of the molecule is NCC#Cc1cncc(OCc2ccc(F)cc2)c1. The van der Waals surface area contributed by atoms with Crippen molar-refractivity contribution in [2.75, 3.05) is 6.54 Å². The van der Waals surface area contributed by atoms with Crippen LogP contribution in [0, 0.1) is 17.7 Å². The third kappa shape index (κ3) is 4.09. The van der Waals surface area contributed by atoms with Crippen LogP contribution in [-0.2, 0) is 6.61 Å². The summed E-state index contributed by atoms with van der Waals surface area (Å²) in [6.07, 6.45) is 3.25. The summed E-state index contributed by atoms with van der Waals surface area (Å²) in [7, 11) is 0. The van der Waals surface area contributed by atoms with Crippen LogP contribution >= 0.6 is 0 Å². The fourth-order valence-corrected chi connectivity index (χ4v) is 1.47. The van der Waals surface area contributed by atoms with Gasteiger partial charge in [-0.3, -0.25) is 4.98 Å². The first-order chi connectivity index (χ1) is 9.28. The van der Waals surface area contributed by atoms with Crippen molar-refractivity contribution < 1.29 is 9.13 Å². The number of rotatable bonds is 3. The van der Waals surface area contributed by atoms with Crippen molar-refractivity contribution in [1.29, 1.82) is 0 Å². The summed E-state index contributed by atoms with van der Waals surface area (Å²) in [5.74, 6) is 5.99. The van der Waals surface area contributed by atoms with Gasteiger partial charge in [-0.2, -0.15) is 0 Å². The number of nitrogens with zero attached hydrogens (tertiary/aromatic N) is 1. The summed E-state index contributed by atoms with van der Waals surface area (Å²) >= 11 is 0. The van der Waals surface area contributed by atoms with Crippen molar-refractivity contribution >= 4 is 0 Å². The van der Waals surface area contributed by atoms with E-state index in [9.17, 15) is 4.39 Å². The first-order valence-corrected chi connectivity index (χ1v) is 5.79. The van der Waals surface area contributed by atoms with Crippen molar-refractivity contribution in [2.24, 2.45) is 5.73 Å². The van der Waals surface area contributed by atoms with E-state index in [0.717, 1.165) is 11.1 Å². The smallest absolute Gasteiger partial charge is 0.139 e. The highest BCUT2D eigenvalue weighted by Gasteiger charge is 1.98. The standard InChI is InChI=1S/C15H13FN2O/c16-14-5-3-12(4-6-14)11-19-15-8-13(2-1-7-17)9-18-10-15/h3-6,8-10H,7,11,17H2. The summed E-state index contributed by atoms with van der Waals surface area (Å²) in [4.78, 5) is 4.04. The quantitative estimate of drug-likeness (QED) is 0.856. The Kier molecular flexibility index (Phi) is 4.49. The third-order valence-electron chi connectivity index (χ3n) is 2.37. The number of hydrogen-bond acceptors (Lipinski definition) is 3. The van der Waals surface area contributed by atoms with Crippen molar-refractivity contribution in [3.63, 3.8) is 0 Å². The minimum Gasteiger partial charge on any atom is -0.487 e. The first kappa shape index (κ1) is 13.1. The largest absolute Gasteiger partial charge is 0.487 e. The zero-order chi connectivity index (χ0) is 13.5. The van der Waals surface area contributed by atoms with Crippen molar-refractivity contribution in [3.05, 3.63) is 59.7 Å². The van der Waals surface area contributed by atoms with Gasteiger partial charge < -0.3 is 10.5 Å². The number of pyridine rings is 1. The second-order valence-electron chi connectivity index (χ2n) is 3.83. The lowest BCUT2D eigenvalue weighted by molar-refractivity contribution is 0.304. The molecule has 0 spiro atoms. The number of aromatic nitrogens is 1. The molecule has 0 amide bonds. The third-order valence-corrected chi connectivity index (χ3v) is 2.37. The zero-order valence-corrected chi connectivity index (χ0v) is 10.3. The van der Waals surface area contributed by atoms with Crippen LogP contribution in [0.1, 0.15) is 11.1 Å². The molecule has 1 aromatic carbocycles. The molecule has 0 saturated heterocycles. The maximum Gasteiger partial charge on any atom is 0.139 e. The Morgan fingerprint density at radius 2 is 2.00 bits per heavy atom. The Hall–Kier alpha value is -2.38. The van der Waals surface area contributed by atoms with Crippen LogP contribution in [0.4, 0.5) is 4.39 Å². The van der Waals surface area contributed by atoms with Gasteiger partial charge in [0.25, 0.3) is 0 Å². The van der Waals surface area contributed by atoms with Crippen LogP contribution < -0.4 is 10.5 Å². The molecule has 2 rings (SSSR count).